The highest BCUT2D eigenvalue weighted by Crippen LogP contribution is 1.68. The van der Waals surface area contributed by atoms with Crippen molar-refractivity contribution in [2.24, 2.45) is 0 Å². The van der Waals surface area contributed by atoms with Gasteiger partial charge >= 0.3 is 0 Å². The summed E-state index contributed by atoms with van der Waals surface area (Å²) in [5, 5.41) is 0. The third-order valence-corrected chi connectivity index (χ3v) is 0.287. The Morgan fingerprint density at radius 3 is 1.78 bits per heavy atom. The predicted molar refractivity (Wildman–Crippen MR) is 45.3 cm³/mol. The summed E-state index contributed by atoms with van der Waals surface area (Å²) in [5.74, 6) is 1.64. The zero-order valence-electron chi connectivity index (χ0n) is 6.77. The van der Waals surface area contributed by atoms with Crippen molar-refractivity contribution in [3.8, 4) is 0 Å². The molecule has 0 N–H and O–H groups in total. The molecule has 54 valence electrons. The van der Waals surface area contributed by atoms with E-state index in [0.717, 1.165) is 6.42 Å². The highest BCUT2D eigenvalue weighted by Gasteiger charge is 1.71. The first-order chi connectivity index (χ1) is 4.15. The van der Waals surface area contributed by atoms with Gasteiger partial charge < -0.3 is 0 Å². The van der Waals surface area contributed by atoms with E-state index in [4.69, 9.17) is 0 Å². The molecule has 0 bridgehead atoms. The fourth-order valence-electron chi connectivity index (χ4n) is 0.0833. The van der Waals surface area contributed by atoms with Gasteiger partial charge in [-0.25, -0.2) is 4.79 Å². The Balaban J connectivity index is 0. The molecule has 2 heteroatoms. The molecule has 0 saturated carbocycles. The maximum Gasteiger partial charge on any atom is 0.120 e. The predicted octanol–water partition coefficient (Wildman–Crippen LogP) is 1.89. The standard InChI is InChI=1S/C4H6O.C3H10Si/c1-2-3-4-5;1-4(2)3/h3H,2H2,1H3;4H,1-3H3. The van der Waals surface area contributed by atoms with Crippen LogP contribution in [0.3, 0.4) is 0 Å². The van der Waals surface area contributed by atoms with Gasteiger partial charge in [-0.3, -0.25) is 0 Å². The van der Waals surface area contributed by atoms with Crippen molar-refractivity contribution in [3.63, 3.8) is 0 Å². The number of hydrogen-bond acceptors (Lipinski definition) is 1. The lowest BCUT2D eigenvalue weighted by Crippen LogP contribution is -1.84. The van der Waals surface area contributed by atoms with E-state index in [-0.39, 0.29) is 8.80 Å². The smallest absolute Gasteiger partial charge is 0.120 e. The highest BCUT2D eigenvalue weighted by molar-refractivity contribution is 6.54. The summed E-state index contributed by atoms with van der Waals surface area (Å²) in [7, 11) is -0.139. The zero-order chi connectivity index (χ0) is 7.70. The lowest BCUT2D eigenvalue weighted by atomic mass is 10.5. The fourth-order valence-corrected chi connectivity index (χ4v) is 0.0833. The van der Waals surface area contributed by atoms with E-state index in [1.807, 2.05) is 6.92 Å². The van der Waals surface area contributed by atoms with Crippen LogP contribution in [-0.4, -0.2) is 14.7 Å². The zero-order valence-corrected chi connectivity index (χ0v) is 7.92. The molecule has 1 nitrogen and oxygen atoms in total. The number of carbonyl (C=O) groups excluding carboxylic acids is 1. The molecule has 0 spiro atoms. The first kappa shape index (κ1) is 11.5. The summed E-state index contributed by atoms with van der Waals surface area (Å²) < 4.78 is 0. The van der Waals surface area contributed by atoms with Crippen LogP contribution in [0.25, 0.3) is 0 Å². The molecule has 0 aliphatic rings. The van der Waals surface area contributed by atoms with E-state index in [0.29, 0.717) is 0 Å². The van der Waals surface area contributed by atoms with Crippen LogP contribution in [0.5, 0.6) is 0 Å². The molecule has 0 heterocycles. The molecule has 0 radical (unpaired) electrons. The van der Waals surface area contributed by atoms with Gasteiger partial charge in [0.25, 0.3) is 0 Å². The van der Waals surface area contributed by atoms with Crippen molar-refractivity contribution in [1.82, 2.24) is 0 Å². The minimum Gasteiger partial charge on any atom is -0.234 e. The maximum atomic E-state index is 9.22. The molecule has 0 aromatic heterocycles. The van der Waals surface area contributed by atoms with Gasteiger partial charge in [-0.1, -0.05) is 26.6 Å². The summed E-state index contributed by atoms with van der Waals surface area (Å²) >= 11 is 0. The Morgan fingerprint density at radius 2 is 1.78 bits per heavy atom. The van der Waals surface area contributed by atoms with Crippen LogP contribution in [0.4, 0.5) is 0 Å². The average molecular weight is 144 g/mol. The van der Waals surface area contributed by atoms with E-state index in [2.05, 4.69) is 19.6 Å². The Labute approximate surface area is 59.4 Å². The lowest BCUT2D eigenvalue weighted by Gasteiger charge is -1.75. The fraction of sp³-hybridized carbons (Fsp3) is 0.714. The second-order valence-corrected chi connectivity index (χ2v) is 5.93. The molecule has 0 amide bonds. The van der Waals surface area contributed by atoms with Gasteiger partial charge in [0.1, 0.15) is 5.94 Å². The third-order valence-electron chi connectivity index (χ3n) is 0.287. The minimum atomic E-state index is -0.139. The molecule has 0 aliphatic carbocycles. The van der Waals surface area contributed by atoms with Crippen molar-refractivity contribution in [2.45, 2.75) is 33.0 Å². The molecular weight excluding hydrogens is 128 g/mol. The van der Waals surface area contributed by atoms with Gasteiger partial charge in [-0.15, -0.1) is 0 Å². The molecule has 0 aromatic rings. The Kier molecular flexibility index (Phi) is 13.5. The third kappa shape index (κ3) is 88.6. The van der Waals surface area contributed by atoms with Crippen molar-refractivity contribution in [1.29, 1.82) is 0 Å². The highest BCUT2D eigenvalue weighted by atomic mass is 28.3. The Hall–Kier alpha value is -0.333. The summed E-state index contributed by atoms with van der Waals surface area (Å²) in [6.07, 6.45) is 2.24. The van der Waals surface area contributed by atoms with E-state index < -0.39 is 0 Å². The van der Waals surface area contributed by atoms with Gasteiger partial charge in [-0.2, -0.15) is 0 Å². The van der Waals surface area contributed by atoms with Crippen molar-refractivity contribution < 1.29 is 4.79 Å². The maximum absolute atomic E-state index is 9.22. The lowest BCUT2D eigenvalue weighted by molar-refractivity contribution is 0.568. The van der Waals surface area contributed by atoms with Crippen molar-refractivity contribution in [3.05, 3.63) is 6.08 Å². The summed E-state index contributed by atoms with van der Waals surface area (Å²) in [6.45, 7) is 8.81. The van der Waals surface area contributed by atoms with Crippen LogP contribution in [0, 0.1) is 0 Å². The van der Waals surface area contributed by atoms with E-state index in [1.165, 1.54) is 6.08 Å². The van der Waals surface area contributed by atoms with Crippen LogP contribution < -0.4 is 0 Å². The summed E-state index contributed by atoms with van der Waals surface area (Å²) in [6, 6.07) is 0. The Morgan fingerprint density at radius 1 is 1.44 bits per heavy atom. The van der Waals surface area contributed by atoms with Crippen LogP contribution >= 0.6 is 0 Å². The largest absolute Gasteiger partial charge is 0.234 e. The van der Waals surface area contributed by atoms with E-state index in [1.54, 1.807) is 5.94 Å². The molecule has 0 aromatic carbocycles. The van der Waals surface area contributed by atoms with Gasteiger partial charge in [0.2, 0.25) is 0 Å². The normalized spacial score (nSPS) is 7.22. The number of hydrogen-bond donors (Lipinski definition) is 0. The SMILES string of the molecule is CCC=C=O.C[SiH](C)C. The summed E-state index contributed by atoms with van der Waals surface area (Å²) in [5.41, 5.74) is 0. The van der Waals surface area contributed by atoms with Crippen molar-refractivity contribution >= 4 is 14.7 Å². The first-order valence-electron chi connectivity index (χ1n) is 3.34. The summed E-state index contributed by atoms with van der Waals surface area (Å²) in [4.78, 5) is 9.22. The van der Waals surface area contributed by atoms with Gasteiger partial charge in [0, 0.05) is 8.80 Å². The molecule has 0 atom stereocenters. The van der Waals surface area contributed by atoms with Crippen molar-refractivity contribution in [2.75, 3.05) is 0 Å². The van der Waals surface area contributed by atoms with Crippen LogP contribution in [0.1, 0.15) is 13.3 Å². The van der Waals surface area contributed by atoms with Gasteiger partial charge in [0.15, 0.2) is 0 Å². The Bertz CT molecular complexity index is 80.2. The van der Waals surface area contributed by atoms with Gasteiger partial charge in [-0.05, 0) is 12.5 Å². The first-order valence-corrected chi connectivity index (χ1v) is 6.80. The van der Waals surface area contributed by atoms with Crippen LogP contribution in [-0.2, 0) is 4.79 Å². The number of rotatable bonds is 1. The molecule has 0 unspecified atom stereocenters. The van der Waals surface area contributed by atoms with Crippen LogP contribution in [0.2, 0.25) is 19.6 Å². The second kappa shape index (κ2) is 10.6. The second-order valence-electron chi connectivity index (χ2n) is 2.46. The molecule has 0 aliphatic heterocycles. The van der Waals surface area contributed by atoms with Gasteiger partial charge in [0.05, 0.1) is 0 Å². The average Bonchev–Trinajstić information content (AvgIpc) is 1.66. The van der Waals surface area contributed by atoms with E-state index >= 15 is 0 Å². The topological polar surface area (TPSA) is 17.1 Å². The van der Waals surface area contributed by atoms with Crippen LogP contribution in [0.15, 0.2) is 6.08 Å². The quantitative estimate of drug-likeness (QED) is 0.406. The molecule has 0 rings (SSSR count). The molecule has 9 heavy (non-hydrogen) atoms. The molecular formula is C7H16OSi. The minimum absolute atomic E-state index is 0.139. The molecule has 0 saturated heterocycles. The molecule has 0 fully saturated rings. The monoisotopic (exact) mass is 144 g/mol. The number of allylic oxidation sites excluding steroid dienone is 1. The van der Waals surface area contributed by atoms with E-state index in [9.17, 15) is 4.79 Å².